The highest BCUT2D eigenvalue weighted by molar-refractivity contribution is 9.10. The number of rotatable bonds is 4. The van der Waals surface area contributed by atoms with Crippen molar-refractivity contribution in [2.24, 2.45) is 0 Å². The van der Waals surface area contributed by atoms with Crippen LogP contribution in [0.5, 0.6) is 5.75 Å². The number of halogens is 1. The van der Waals surface area contributed by atoms with Gasteiger partial charge in [-0.3, -0.25) is 0 Å². The number of nitrogens with zero attached hydrogens (tertiary/aromatic N) is 1. The maximum absolute atomic E-state index is 11.0. The van der Waals surface area contributed by atoms with Crippen LogP contribution in [0.1, 0.15) is 20.2 Å². The molecule has 0 aliphatic carbocycles. The Morgan fingerprint density at radius 2 is 2.33 bits per heavy atom. The Hall–Kier alpha value is -1.40. The predicted molar refractivity (Wildman–Crippen MR) is 72.3 cm³/mol. The minimum Gasteiger partial charge on any atom is -0.487 e. The molecule has 0 bridgehead atoms. The monoisotopic (exact) mass is 327 g/mol. The van der Waals surface area contributed by atoms with Crippen LogP contribution in [0.25, 0.3) is 0 Å². The van der Waals surface area contributed by atoms with E-state index in [0.29, 0.717) is 12.4 Å². The molecular formula is C12H10BrNO3S. The van der Waals surface area contributed by atoms with Crippen LogP contribution in [0.4, 0.5) is 0 Å². The number of aromatic carboxylic acids is 1. The number of aryl methyl sites for hydroxylation is 1. The summed E-state index contributed by atoms with van der Waals surface area (Å²) >= 11 is 4.82. The number of carboxylic acid groups (broad SMARTS) is 1. The maximum Gasteiger partial charge on any atom is 0.339 e. The van der Waals surface area contributed by atoms with Crippen molar-refractivity contribution >= 4 is 33.2 Å². The van der Waals surface area contributed by atoms with E-state index >= 15 is 0 Å². The van der Waals surface area contributed by atoms with Gasteiger partial charge in [0.1, 0.15) is 17.9 Å². The number of carboxylic acids is 1. The van der Waals surface area contributed by atoms with Gasteiger partial charge in [-0.15, -0.1) is 11.3 Å². The largest absolute Gasteiger partial charge is 0.487 e. The van der Waals surface area contributed by atoms with Crippen LogP contribution < -0.4 is 4.74 Å². The molecule has 0 saturated heterocycles. The molecule has 4 nitrogen and oxygen atoms in total. The van der Waals surface area contributed by atoms with Gasteiger partial charge in [-0.2, -0.15) is 0 Å². The third-order valence-electron chi connectivity index (χ3n) is 2.21. The zero-order valence-corrected chi connectivity index (χ0v) is 11.9. The van der Waals surface area contributed by atoms with Crippen molar-refractivity contribution in [3.63, 3.8) is 0 Å². The van der Waals surface area contributed by atoms with E-state index in [1.54, 1.807) is 18.3 Å². The average molecular weight is 328 g/mol. The Balaban J connectivity index is 2.17. The molecule has 1 heterocycles. The molecule has 2 aromatic rings. The Kier molecular flexibility index (Phi) is 3.98. The number of carbonyl (C=O) groups is 1. The fourth-order valence-electron chi connectivity index (χ4n) is 1.41. The molecule has 0 unspecified atom stereocenters. The lowest BCUT2D eigenvalue weighted by Gasteiger charge is -2.08. The fraction of sp³-hybridized carbons (Fsp3) is 0.167. The Morgan fingerprint density at radius 3 is 2.94 bits per heavy atom. The summed E-state index contributed by atoms with van der Waals surface area (Å²) in [6.45, 7) is 2.23. The van der Waals surface area contributed by atoms with Gasteiger partial charge in [-0.1, -0.05) is 15.9 Å². The molecule has 94 valence electrons. The first kappa shape index (κ1) is 13.0. The lowest BCUT2D eigenvalue weighted by atomic mass is 10.2. The molecule has 18 heavy (non-hydrogen) atoms. The number of benzene rings is 1. The van der Waals surface area contributed by atoms with Gasteiger partial charge in [0.2, 0.25) is 0 Å². The van der Waals surface area contributed by atoms with Gasteiger partial charge >= 0.3 is 5.97 Å². The molecule has 0 aliphatic rings. The smallest absolute Gasteiger partial charge is 0.339 e. The quantitative estimate of drug-likeness (QED) is 0.933. The second-order valence-corrected chi connectivity index (χ2v) is 5.81. The van der Waals surface area contributed by atoms with Crippen molar-refractivity contribution in [3.05, 3.63) is 44.3 Å². The van der Waals surface area contributed by atoms with Crippen molar-refractivity contribution < 1.29 is 14.6 Å². The van der Waals surface area contributed by atoms with Crippen LogP contribution in [0, 0.1) is 6.92 Å². The number of thiazole rings is 1. The highest BCUT2D eigenvalue weighted by Gasteiger charge is 2.12. The van der Waals surface area contributed by atoms with Crippen molar-refractivity contribution in [2.45, 2.75) is 13.5 Å². The standard InChI is InChI=1S/C12H10BrNO3S/c1-7-14-5-9(18-7)6-17-11-4-8(13)2-3-10(11)12(15)16/h2-5H,6H2,1H3,(H,15,16). The lowest BCUT2D eigenvalue weighted by molar-refractivity contribution is 0.0692. The van der Waals surface area contributed by atoms with Crippen molar-refractivity contribution in [2.75, 3.05) is 0 Å². The highest BCUT2D eigenvalue weighted by Crippen LogP contribution is 2.25. The van der Waals surface area contributed by atoms with E-state index in [1.807, 2.05) is 6.92 Å². The van der Waals surface area contributed by atoms with Gasteiger partial charge in [0.05, 0.1) is 9.88 Å². The van der Waals surface area contributed by atoms with Crippen LogP contribution in [-0.2, 0) is 6.61 Å². The van der Waals surface area contributed by atoms with E-state index in [1.165, 1.54) is 17.4 Å². The van der Waals surface area contributed by atoms with Crippen LogP contribution >= 0.6 is 27.3 Å². The molecule has 1 aromatic heterocycles. The number of hydrogen-bond donors (Lipinski definition) is 1. The molecule has 0 atom stereocenters. The number of ether oxygens (including phenoxy) is 1. The molecule has 0 aliphatic heterocycles. The summed E-state index contributed by atoms with van der Waals surface area (Å²) in [4.78, 5) is 16.1. The molecule has 1 N–H and O–H groups in total. The van der Waals surface area contributed by atoms with Crippen LogP contribution in [-0.4, -0.2) is 16.1 Å². The van der Waals surface area contributed by atoms with Gasteiger partial charge in [-0.25, -0.2) is 9.78 Å². The molecule has 1 aromatic carbocycles. The molecule has 0 spiro atoms. The van der Waals surface area contributed by atoms with E-state index < -0.39 is 5.97 Å². The zero-order chi connectivity index (χ0) is 13.1. The summed E-state index contributed by atoms with van der Waals surface area (Å²) in [5.74, 6) is -0.652. The second-order valence-electron chi connectivity index (χ2n) is 3.58. The van der Waals surface area contributed by atoms with Crippen molar-refractivity contribution in [1.82, 2.24) is 4.98 Å². The van der Waals surface area contributed by atoms with Crippen molar-refractivity contribution in [1.29, 1.82) is 0 Å². The molecular weight excluding hydrogens is 318 g/mol. The van der Waals surface area contributed by atoms with E-state index in [0.717, 1.165) is 14.4 Å². The first-order chi connectivity index (χ1) is 8.56. The molecule has 0 radical (unpaired) electrons. The molecule has 0 saturated carbocycles. The van der Waals surface area contributed by atoms with Gasteiger partial charge in [0, 0.05) is 10.7 Å². The summed E-state index contributed by atoms with van der Waals surface area (Å²) in [5.41, 5.74) is 0.152. The minimum atomic E-state index is -1.00. The first-order valence-electron chi connectivity index (χ1n) is 5.13. The Labute approximate surface area is 116 Å². The highest BCUT2D eigenvalue weighted by atomic mass is 79.9. The SMILES string of the molecule is Cc1ncc(COc2cc(Br)ccc2C(=O)O)s1. The number of aromatic nitrogens is 1. The molecule has 0 fully saturated rings. The normalized spacial score (nSPS) is 10.3. The Morgan fingerprint density at radius 1 is 1.56 bits per heavy atom. The summed E-state index contributed by atoms with van der Waals surface area (Å²) in [7, 11) is 0. The third-order valence-corrected chi connectivity index (χ3v) is 3.59. The van der Waals surface area contributed by atoms with E-state index in [-0.39, 0.29) is 5.56 Å². The molecule has 6 heteroatoms. The summed E-state index contributed by atoms with van der Waals surface area (Å²) < 4.78 is 6.32. The van der Waals surface area contributed by atoms with E-state index in [4.69, 9.17) is 9.84 Å². The minimum absolute atomic E-state index is 0.152. The first-order valence-corrected chi connectivity index (χ1v) is 6.74. The van der Waals surface area contributed by atoms with E-state index in [2.05, 4.69) is 20.9 Å². The lowest BCUT2D eigenvalue weighted by Crippen LogP contribution is -2.02. The topological polar surface area (TPSA) is 59.4 Å². The van der Waals surface area contributed by atoms with Gasteiger partial charge in [-0.05, 0) is 25.1 Å². The average Bonchev–Trinajstić information content (AvgIpc) is 2.72. The van der Waals surface area contributed by atoms with Crippen LogP contribution in [0.3, 0.4) is 0 Å². The Bertz CT molecular complexity index is 582. The van der Waals surface area contributed by atoms with Crippen LogP contribution in [0.15, 0.2) is 28.9 Å². The molecule has 2 rings (SSSR count). The summed E-state index contributed by atoms with van der Waals surface area (Å²) in [6, 6.07) is 4.84. The molecule has 0 amide bonds. The second kappa shape index (κ2) is 5.49. The maximum atomic E-state index is 11.0. The van der Waals surface area contributed by atoms with Gasteiger partial charge in [0.25, 0.3) is 0 Å². The van der Waals surface area contributed by atoms with Gasteiger partial charge < -0.3 is 9.84 Å². The van der Waals surface area contributed by atoms with Crippen LogP contribution in [0.2, 0.25) is 0 Å². The predicted octanol–water partition coefficient (Wildman–Crippen LogP) is 3.49. The summed E-state index contributed by atoms with van der Waals surface area (Å²) in [5, 5.41) is 10.0. The number of hydrogen-bond acceptors (Lipinski definition) is 4. The zero-order valence-electron chi connectivity index (χ0n) is 9.51. The van der Waals surface area contributed by atoms with Gasteiger partial charge in [0.15, 0.2) is 0 Å². The summed E-state index contributed by atoms with van der Waals surface area (Å²) in [6.07, 6.45) is 1.73. The fourth-order valence-corrected chi connectivity index (χ4v) is 2.46. The third kappa shape index (κ3) is 3.08. The van der Waals surface area contributed by atoms with Crippen molar-refractivity contribution in [3.8, 4) is 5.75 Å². The van der Waals surface area contributed by atoms with E-state index in [9.17, 15) is 4.79 Å².